The van der Waals surface area contributed by atoms with Crippen molar-refractivity contribution < 1.29 is 9.53 Å². The normalized spacial score (nSPS) is 10.7. The van der Waals surface area contributed by atoms with Gasteiger partial charge in [0.2, 0.25) is 5.91 Å². The molecule has 0 aliphatic carbocycles. The lowest BCUT2D eigenvalue weighted by molar-refractivity contribution is -0.117. The monoisotopic (exact) mass is 232 g/mol. The first kappa shape index (κ1) is 11.5. The fourth-order valence-corrected chi connectivity index (χ4v) is 2.03. The lowest BCUT2D eigenvalue weighted by Crippen LogP contribution is -2.10. The molecule has 0 aliphatic heterocycles. The van der Waals surface area contributed by atoms with Crippen molar-refractivity contribution in [1.82, 2.24) is 4.57 Å². The van der Waals surface area contributed by atoms with Crippen LogP contribution in [0.2, 0.25) is 0 Å². The molecule has 1 heterocycles. The Balaban J connectivity index is 2.41. The molecule has 1 aromatic heterocycles. The number of primary amides is 1. The Morgan fingerprint density at radius 3 is 2.88 bits per heavy atom. The van der Waals surface area contributed by atoms with Crippen LogP contribution in [-0.4, -0.2) is 17.6 Å². The van der Waals surface area contributed by atoms with Crippen molar-refractivity contribution >= 4 is 16.8 Å². The number of hydrogen-bond acceptors (Lipinski definition) is 2. The Morgan fingerprint density at radius 2 is 2.24 bits per heavy atom. The van der Waals surface area contributed by atoms with Crippen LogP contribution < -0.4 is 10.5 Å². The summed E-state index contributed by atoms with van der Waals surface area (Å²) < 4.78 is 7.23. The third-order valence-corrected chi connectivity index (χ3v) is 2.92. The van der Waals surface area contributed by atoms with Gasteiger partial charge >= 0.3 is 0 Å². The van der Waals surface area contributed by atoms with E-state index >= 15 is 0 Å². The average molecular weight is 232 g/mol. The van der Waals surface area contributed by atoms with Crippen LogP contribution >= 0.6 is 0 Å². The van der Waals surface area contributed by atoms with E-state index in [1.807, 2.05) is 36.0 Å². The lowest BCUT2D eigenvalue weighted by atomic mass is 10.1. The topological polar surface area (TPSA) is 57.2 Å². The molecular weight excluding hydrogens is 216 g/mol. The van der Waals surface area contributed by atoms with Crippen LogP contribution in [-0.2, 0) is 18.3 Å². The quantitative estimate of drug-likeness (QED) is 0.870. The highest BCUT2D eigenvalue weighted by Crippen LogP contribution is 2.25. The summed E-state index contributed by atoms with van der Waals surface area (Å²) in [6.45, 7) is 0. The zero-order valence-corrected chi connectivity index (χ0v) is 10.1. The fraction of sp³-hybridized carbons (Fsp3) is 0.308. The molecule has 90 valence electrons. The number of amides is 1. The first-order chi connectivity index (χ1) is 8.11. The van der Waals surface area contributed by atoms with Gasteiger partial charge in [0.1, 0.15) is 5.75 Å². The van der Waals surface area contributed by atoms with Gasteiger partial charge in [0.05, 0.1) is 12.6 Å². The molecule has 0 spiro atoms. The number of nitrogens with two attached hydrogens (primary N) is 1. The Bertz CT molecular complexity index is 558. The molecule has 4 heteroatoms. The highest BCUT2D eigenvalue weighted by atomic mass is 16.5. The second-order valence-corrected chi connectivity index (χ2v) is 4.11. The van der Waals surface area contributed by atoms with Crippen LogP contribution in [0.15, 0.2) is 24.4 Å². The highest BCUT2D eigenvalue weighted by molar-refractivity contribution is 5.86. The minimum absolute atomic E-state index is 0.268. The van der Waals surface area contributed by atoms with Gasteiger partial charge in [-0.3, -0.25) is 4.79 Å². The van der Waals surface area contributed by atoms with E-state index in [2.05, 4.69) is 0 Å². The summed E-state index contributed by atoms with van der Waals surface area (Å²) >= 11 is 0. The van der Waals surface area contributed by atoms with Crippen LogP contribution in [0, 0.1) is 0 Å². The molecule has 2 N–H and O–H groups in total. The van der Waals surface area contributed by atoms with Gasteiger partial charge in [-0.25, -0.2) is 0 Å². The van der Waals surface area contributed by atoms with Gasteiger partial charge in [0.15, 0.2) is 0 Å². The number of rotatable bonds is 4. The van der Waals surface area contributed by atoms with E-state index in [-0.39, 0.29) is 5.91 Å². The molecule has 4 nitrogen and oxygen atoms in total. The van der Waals surface area contributed by atoms with Gasteiger partial charge in [-0.2, -0.15) is 0 Å². The van der Waals surface area contributed by atoms with Gasteiger partial charge in [-0.15, -0.1) is 0 Å². The molecule has 0 saturated carbocycles. The van der Waals surface area contributed by atoms with Gasteiger partial charge in [0, 0.05) is 31.1 Å². The lowest BCUT2D eigenvalue weighted by Gasteiger charge is -2.01. The number of nitrogens with zero attached hydrogens (tertiary/aromatic N) is 1. The summed E-state index contributed by atoms with van der Waals surface area (Å²) in [5, 5.41) is 1.15. The van der Waals surface area contributed by atoms with Crippen molar-refractivity contribution in [3.63, 3.8) is 0 Å². The number of benzene rings is 1. The molecule has 0 fully saturated rings. The van der Waals surface area contributed by atoms with Crippen molar-refractivity contribution in [1.29, 1.82) is 0 Å². The predicted octanol–water partition coefficient (Wildman–Crippen LogP) is 1.60. The number of fused-ring (bicyclic) bond motifs is 1. The second-order valence-electron chi connectivity index (χ2n) is 4.11. The van der Waals surface area contributed by atoms with Crippen molar-refractivity contribution in [3.05, 3.63) is 30.0 Å². The largest absolute Gasteiger partial charge is 0.497 e. The molecule has 0 saturated heterocycles. The van der Waals surface area contributed by atoms with Gasteiger partial charge in [-0.05, 0) is 24.1 Å². The molecule has 0 atom stereocenters. The molecule has 2 rings (SSSR count). The van der Waals surface area contributed by atoms with E-state index in [0.29, 0.717) is 12.8 Å². The summed E-state index contributed by atoms with van der Waals surface area (Å²) in [7, 11) is 3.63. The summed E-state index contributed by atoms with van der Waals surface area (Å²) in [5.74, 6) is 0.565. The second kappa shape index (κ2) is 4.49. The number of methoxy groups -OCH3 is 1. The van der Waals surface area contributed by atoms with Gasteiger partial charge < -0.3 is 15.0 Å². The van der Waals surface area contributed by atoms with E-state index in [4.69, 9.17) is 10.5 Å². The smallest absolute Gasteiger partial charge is 0.217 e. The Kier molecular flexibility index (Phi) is 3.04. The van der Waals surface area contributed by atoms with Crippen LogP contribution in [0.5, 0.6) is 5.75 Å². The average Bonchev–Trinajstić information content (AvgIpc) is 2.63. The summed E-state index contributed by atoms with van der Waals surface area (Å²) in [5.41, 5.74) is 7.41. The van der Waals surface area contributed by atoms with Crippen molar-refractivity contribution in [2.45, 2.75) is 12.8 Å². The summed E-state index contributed by atoms with van der Waals surface area (Å²) in [4.78, 5) is 10.8. The molecular formula is C13H16N2O2. The van der Waals surface area contributed by atoms with Crippen molar-refractivity contribution in [2.75, 3.05) is 7.11 Å². The molecule has 0 aliphatic rings. The number of aromatic nitrogens is 1. The first-order valence-electron chi connectivity index (χ1n) is 5.52. The molecule has 17 heavy (non-hydrogen) atoms. The third-order valence-electron chi connectivity index (χ3n) is 2.92. The third kappa shape index (κ3) is 2.25. The zero-order valence-electron chi connectivity index (χ0n) is 10.1. The Morgan fingerprint density at radius 1 is 1.47 bits per heavy atom. The maximum atomic E-state index is 10.8. The molecule has 2 aromatic rings. The molecule has 0 bridgehead atoms. The zero-order chi connectivity index (χ0) is 12.4. The van der Waals surface area contributed by atoms with Crippen LogP contribution in [0.3, 0.4) is 0 Å². The van der Waals surface area contributed by atoms with Crippen molar-refractivity contribution in [2.24, 2.45) is 12.8 Å². The molecule has 1 amide bonds. The number of hydrogen-bond donors (Lipinski definition) is 1. The Labute approximate surface area is 100.0 Å². The number of carbonyl (C=O) groups excluding carboxylic acids is 1. The van der Waals surface area contributed by atoms with E-state index in [1.54, 1.807) is 7.11 Å². The molecule has 1 aromatic carbocycles. The Hall–Kier alpha value is -1.97. The van der Waals surface area contributed by atoms with Gasteiger partial charge in [-0.1, -0.05) is 0 Å². The predicted molar refractivity (Wildman–Crippen MR) is 67.0 cm³/mol. The van der Waals surface area contributed by atoms with Gasteiger partial charge in [0.25, 0.3) is 0 Å². The van der Waals surface area contributed by atoms with E-state index < -0.39 is 0 Å². The summed E-state index contributed by atoms with van der Waals surface area (Å²) in [6, 6.07) is 5.93. The molecule has 0 unspecified atom stereocenters. The standard InChI is InChI=1S/C13H16N2O2/c1-15-8-9(3-6-13(14)16)11-5-4-10(17-2)7-12(11)15/h4-5,7-8H,3,6H2,1-2H3,(H2,14,16). The maximum absolute atomic E-state index is 10.8. The highest BCUT2D eigenvalue weighted by Gasteiger charge is 2.08. The summed E-state index contributed by atoms with van der Waals surface area (Å²) in [6.07, 6.45) is 3.09. The first-order valence-corrected chi connectivity index (χ1v) is 5.52. The van der Waals surface area contributed by atoms with E-state index in [9.17, 15) is 4.79 Å². The minimum atomic E-state index is -0.268. The van der Waals surface area contributed by atoms with Crippen LogP contribution in [0.25, 0.3) is 10.9 Å². The fourth-order valence-electron chi connectivity index (χ4n) is 2.03. The number of carbonyl (C=O) groups is 1. The van der Waals surface area contributed by atoms with Crippen molar-refractivity contribution in [3.8, 4) is 5.75 Å². The number of aryl methyl sites for hydroxylation is 2. The van der Waals surface area contributed by atoms with Crippen LogP contribution in [0.1, 0.15) is 12.0 Å². The molecule has 0 radical (unpaired) electrons. The minimum Gasteiger partial charge on any atom is -0.497 e. The van der Waals surface area contributed by atoms with Crippen LogP contribution in [0.4, 0.5) is 0 Å². The van der Waals surface area contributed by atoms with E-state index in [0.717, 1.165) is 22.2 Å². The van der Waals surface area contributed by atoms with E-state index in [1.165, 1.54) is 0 Å². The maximum Gasteiger partial charge on any atom is 0.217 e. The SMILES string of the molecule is COc1ccc2c(CCC(N)=O)cn(C)c2c1. The number of ether oxygens (including phenoxy) is 1.